The minimum Gasteiger partial charge on any atom is -0.391 e. The van der Waals surface area contributed by atoms with Gasteiger partial charge in [-0.15, -0.1) is 11.7 Å². The van der Waals surface area contributed by atoms with Gasteiger partial charge in [0.2, 0.25) is 0 Å². The lowest BCUT2D eigenvalue weighted by molar-refractivity contribution is -0.125. The van der Waals surface area contributed by atoms with E-state index in [0.717, 1.165) is 24.3 Å². The number of halogens is 3. The number of hydrogen-bond donors (Lipinski definition) is 3. The summed E-state index contributed by atoms with van der Waals surface area (Å²) in [6.07, 6.45) is -1.26. The van der Waals surface area contributed by atoms with Crippen molar-refractivity contribution in [1.82, 2.24) is 5.32 Å². The first kappa shape index (κ1) is 18.3. The molecule has 0 spiro atoms. The molecule has 0 saturated carbocycles. The lowest BCUT2D eigenvalue weighted by Crippen LogP contribution is -2.48. The Labute approximate surface area is 125 Å². The number of carbonyl (C=O) groups is 2. The van der Waals surface area contributed by atoms with Crippen molar-refractivity contribution in [3.05, 3.63) is 29.8 Å². The number of benzene rings is 1. The Morgan fingerprint density at radius 2 is 1.77 bits per heavy atom. The van der Waals surface area contributed by atoms with Crippen LogP contribution in [0.15, 0.2) is 29.2 Å². The lowest BCUT2D eigenvalue weighted by Gasteiger charge is -2.21. The first-order valence-corrected chi connectivity index (χ1v) is 8.01. The molecule has 0 aliphatic carbocycles. The van der Waals surface area contributed by atoms with Gasteiger partial charge in [0, 0.05) is 5.56 Å². The summed E-state index contributed by atoms with van der Waals surface area (Å²) in [6.45, 7) is 0.359. The second-order valence-electron chi connectivity index (χ2n) is 4.72. The van der Waals surface area contributed by atoms with Gasteiger partial charge in [0.25, 0.3) is 5.91 Å². The maximum absolute atomic E-state index is 13.1. The molecular weight excluding hydrogens is 323 g/mol. The number of Topliss-reactive ketones (excluding diaryl/α,β-unsaturated/α-hetero) is 1. The zero-order valence-electron chi connectivity index (χ0n) is 11.6. The highest BCUT2D eigenvalue weighted by Gasteiger charge is 2.30. The Hall–Kier alpha value is -1.71. The Balaban J connectivity index is 2.95. The fraction of sp³-hybridized carbons (Fsp3) is 0.308. The fourth-order valence-electron chi connectivity index (χ4n) is 1.65. The van der Waals surface area contributed by atoms with Gasteiger partial charge in [0.15, 0.2) is 15.7 Å². The number of nitrogens with one attached hydrogen (secondary N) is 1. The summed E-state index contributed by atoms with van der Waals surface area (Å²) in [5, 5.41) is 20.3. The number of aliphatic hydroxyl groups excluding tert-OH is 2. The summed E-state index contributed by atoms with van der Waals surface area (Å²) in [4.78, 5) is 22.3. The maximum atomic E-state index is 13.1. The van der Waals surface area contributed by atoms with Crippen LogP contribution in [0.1, 0.15) is 17.3 Å². The van der Waals surface area contributed by atoms with Crippen molar-refractivity contribution >= 4 is 27.5 Å². The van der Waals surface area contributed by atoms with E-state index in [-0.39, 0.29) is 5.56 Å². The van der Waals surface area contributed by atoms with Crippen LogP contribution in [0.3, 0.4) is 0 Å². The van der Waals surface area contributed by atoms with Gasteiger partial charge in [-0.25, -0.2) is 0 Å². The van der Waals surface area contributed by atoms with Crippen molar-refractivity contribution in [1.29, 1.82) is 0 Å². The number of carbonyl (C=O) groups excluding carboxylic acids is 2. The third-order valence-corrected chi connectivity index (χ3v) is 3.96. The molecule has 2 atom stereocenters. The summed E-state index contributed by atoms with van der Waals surface area (Å²) in [5.41, 5.74) is -0.114. The van der Waals surface area contributed by atoms with Gasteiger partial charge in [-0.2, -0.15) is 0 Å². The monoisotopic (exact) mass is 339 g/mol. The SMILES string of the molecule is C=S(F)(F)(F)c1ccc(C(=O)N[C@H](C(=O)CO)[C@@H](C)O)cc1. The molecule has 1 aromatic carbocycles. The Morgan fingerprint density at radius 3 is 2.14 bits per heavy atom. The van der Waals surface area contributed by atoms with Gasteiger partial charge in [0.05, 0.1) is 11.0 Å². The quantitative estimate of drug-likeness (QED) is 0.686. The largest absolute Gasteiger partial charge is 0.391 e. The van der Waals surface area contributed by atoms with Gasteiger partial charge in [-0.3, -0.25) is 9.59 Å². The number of ketones is 1. The van der Waals surface area contributed by atoms with E-state index in [1.807, 2.05) is 0 Å². The Kier molecular flexibility index (Phi) is 5.16. The zero-order chi connectivity index (χ0) is 17.2. The summed E-state index contributed by atoms with van der Waals surface area (Å²) < 4.78 is 39.2. The standard InChI is InChI=1S/C13H16F3NO4S/c1-8(19)12(11(20)7-18)17-13(21)9-3-5-10(6-4-9)22(2,14,15)16/h3-6,8,12,18-19H,2,7H2,1H3,(H,17,21)/t8-,12+/m1/s1. The first-order chi connectivity index (χ1) is 9.92. The highest BCUT2D eigenvalue weighted by molar-refractivity contribution is 8.34. The van der Waals surface area contributed by atoms with Crippen LogP contribution in [-0.2, 0) is 4.79 Å². The predicted molar refractivity (Wildman–Crippen MR) is 77.8 cm³/mol. The van der Waals surface area contributed by atoms with E-state index in [2.05, 4.69) is 11.2 Å². The smallest absolute Gasteiger partial charge is 0.251 e. The second kappa shape index (κ2) is 6.19. The molecule has 0 heterocycles. The van der Waals surface area contributed by atoms with Crippen LogP contribution < -0.4 is 5.32 Å². The first-order valence-electron chi connectivity index (χ1n) is 6.10. The average Bonchev–Trinajstić information content (AvgIpc) is 2.41. The highest BCUT2D eigenvalue weighted by atomic mass is 32.4. The van der Waals surface area contributed by atoms with Crippen LogP contribution >= 0.6 is 9.91 Å². The second-order valence-corrected chi connectivity index (χ2v) is 6.95. The van der Waals surface area contributed by atoms with Crippen molar-refractivity contribution in [2.75, 3.05) is 6.61 Å². The number of amides is 1. The molecule has 0 fully saturated rings. The molecule has 0 bridgehead atoms. The molecule has 3 N–H and O–H groups in total. The summed E-state index contributed by atoms with van der Waals surface area (Å²) in [5.74, 6) is 0.612. The van der Waals surface area contributed by atoms with Gasteiger partial charge in [-0.05, 0) is 37.1 Å². The van der Waals surface area contributed by atoms with E-state index in [4.69, 9.17) is 5.11 Å². The van der Waals surface area contributed by atoms with Crippen molar-refractivity contribution in [2.45, 2.75) is 24.0 Å². The molecule has 9 heteroatoms. The zero-order valence-corrected chi connectivity index (χ0v) is 12.4. The van der Waals surface area contributed by atoms with Crippen LogP contribution in [0, 0.1) is 0 Å². The van der Waals surface area contributed by atoms with Crippen LogP contribution in [0.5, 0.6) is 0 Å². The molecule has 0 radical (unpaired) electrons. The van der Waals surface area contributed by atoms with E-state index < -0.39 is 45.2 Å². The molecule has 22 heavy (non-hydrogen) atoms. The van der Waals surface area contributed by atoms with E-state index in [9.17, 15) is 26.4 Å². The molecule has 0 aliphatic rings. The van der Waals surface area contributed by atoms with Crippen molar-refractivity contribution < 1.29 is 31.5 Å². The normalized spacial score (nSPS) is 16.2. The molecule has 1 amide bonds. The molecule has 0 saturated heterocycles. The van der Waals surface area contributed by atoms with Crippen LogP contribution in [0.2, 0.25) is 0 Å². The van der Waals surface area contributed by atoms with Gasteiger partial charge < -0.3 is 15.5 Å². The minimum atomic E-state index is -6.39. The third kappa shape index (κ3) is 4.65. The van der Waals surface area contributed by atoms with Gasteiger partial charge >= 0.3 is 0 Å². The van der Waals surface area contributed by atoms with Crippen LogP contribution in [0.25, 0.3) is 0 Å². The summed E-state index contributed by atoms with van der Waals surface area (Å²) in [6, 6.07) is 2.02. The summed E-state index contributed by atoms with van der Waals surface area (Å²) in [7, 11) is -6.39. The number of hydrogen-bond acceptors (Lipinski definition) is 4. The van der Waals surface area contributed by atoms with Crippen molar-refractivity contribution in [3.8, 4) is 0 Å². The molecule has 124 valence electrons. The molecular formula is C13H16F3NO4S. The highest BCUT2D eigenvalue weighted by Crippen LogP contribution is 2.68. The average molecular weight is 339 g/mol. The van der Waals surface area contributed by atoms with Crippen molar-refractivity contribution in [2.24, 2.45) is 0 Å². The van der Waals surface area contributed by atoms with E-state index in [0.29, 0.717) is 0 Å². The Bertz CT molecular complexity index is 628. The predicted octanol–water partition coefficient (Wildman–Crippen LogP) is 1.51. The molecule has 0 aromatic heterocycles. The molecule has 0 aliphatic heterocycles. The van der Waals surface area contributed by atoms with E-state index >= 15 is 0 Å². The molecule has 1 rings (SSSR count). The maximum Gasteiger partial charge on any atom is 0.251 e. The van der Waals surface area contributed by atoms with Crippen LogP contribution in [0.4, 0.5) is 11.7 Å². The fourth-order valence-corrected chi connectivity index (χ4v) is 2.29. The lowest BCUT2D eigenvalue weighted by atomic mass is 10.1. The van der Waals surface area contributed by atoms with Gasteiger partial charge in [-0.1, -0.05) is 0 Å². The minimum absolute atomic E-state index is 0.114. The summed E-state index contributed by atoms with van der Waals surface area (Å²) >= 11 is 0. The number of rotatable bonds is 6. The molecule has 5 nitrogen and oxygen atoms in total. The molecule has 0 unspecified atom stereocenters. The third-order valence-electron chi connectivity index (χ3n) is 2.82. The van der Waals surface area contributed by atoms with E-state index in [1.54, 1.807) is 0 Å². The van der Waals surface area contributed by atoms with Gasteiger partial charge in [0.1, 0.15) is 12.6 Å². The Morgan fingerprint density at radius 1 is 1.27 bits per heavy atom. The molecule has 1 aromatic rings. The van der Waals surface area contributed by atoms with E-state index in [1.165, 1.54) is 6.92 Å². The van der Waals surface area contributed by atoms with Crippen LogP contribution in [-0.4, -0.2) is 46.5 Å². The van der Waals surface area contributed by atoms with Crippen molar-refractivity contribution in [3.63, 3.8) is 0 Å². The number of aliphatic hydroxyl groups is 2. The topological polar surface area (TPSA) is 86.6 Å².